The first-order valence-corrected chi connectivity index (χ1v) is 16.3. The zero-order valence-corrected chi connectivity index (χ0v) is 27.6. The summed E-state index contributed by atoms with van der Waals surface area (Å²) >= 11 is 6.52. The van der Waals surface area contributed by atoms with Gasteiger partial charge in [-0.15, -0.1) is 0 Å². The zero-order chi connectivity index (χ0) is 33.3. The average Bonchev–Trinajstić information content (AvgIpc) is 3.12. The van der Waals surface area contributed by atoms with E-state index in [9.17, 15) is 4.79 Å². The molecular weight excluding hydrogens is 632 g/mol. The van der Waals surface area contributed by atoms with E-state index in [1.807, 2.05) is 36.4 Å². The largest absolute Gasteiger partial charge is 0.494 e. The van der Waals surface area contributed by atoms with E-state index in [0.717, 1.165) is 69.3 Å². The molecule has 0 unspecified atom stereocenters. The number of hydrogen-bond acceptors (Lipinski definition) is 11. The molecule has 0 aliphatic carbocycles. The summed E-state index contributed by atoms with van der Waals surface area (Å²) in [4.78, 5) is 30.6. The summed E-state index contributed by atoms with van der Waals surface area (Å²) in [6.45, 7) is 9.18. The minimum atomic E-state index is -0.301. The Kier molecular flexibility index (Phi) is 10.9. The number of morpholine rings is 1. The van der Waals surface area contributed by atoms with Gasteiger partial charge in [0.1, 0.15) is 23.9 Å². The fourth-order valence-electron chi connectivity index (χ4n) is 5.88. The first kappa shape index (κ1) is 33.0. The number of nitrogens with zero attached hydrogens (tertiary/aromatic N) is 5. The highest BCUT2D eigenvalue weighted by molar-refractivity contribution is 6.32. The molecule has 48 heavy (non-hydrogen) atoms. The summed E-state index contributed by atoms with van der Waals surface area (Å²) in [7, 11) is 1.61. The van der Waals surface area contributed by atoms with E-state index in [0.29, 0.717) is 52.3 Å². The van der Waals surface area contributed by atoms with Crippen molar-refractivity contribution >= 4 is 52.0 Å². The molecule has 0 bridgehead atoms. The molecule has 2 saturated heterocycles. The lowest BCUT2D eigenvalue weighted by Gasteiger charge is -2.41. The van der Waals surface area contributed by atoms with Crippen molar-refractivity contribution in [2.24, 2.45) is 0 Å². The number of anilines is 6. The van der Waals surface area contributed by atoms with E-state index < -0.39 is 0 Å². The summed E-state index contributed by atoms with van der Waals surface area (Å²) < 4.78 is 17.2. The van der Waals surface area contributed by atoms with E-state index in [1.165, 1.54) is 6.08 Å². The summed E-state index contributed by atoms with van der Waals surface area (Å²) in [6.07, 6.45) is 6.67. The van der Waals surface area contributed by atoms with Gasteiger partial charge in [0.05, 0.1) is 48.1 Å². The van der Waals surface area contributed by atoms with Crippen molar-refractivity contribution < 1.29 is 19.0 Å². The van der Waals surface area contributed by atoms with Gasteiger partial charge in [-0.05, 0) is 61.4 Å². The molecule has 6 rings (SSSR count). The Hall–Kier alpha value is -4.91. The summed E-state index contributed by atoms with van der Waals surface area (Å²) in [5.74, 6) is 1.72. The number of carbonyl (C=O) groups is 1. The van der Waals surface area contributed by atoms with Crippen LogP contribution in [0.15, 0.2) is 79.6 Å². The van der Waals surface area contributed by atoms with Crippen molar-refractivity contribution in [3.63, 3.8) is 0 Å². The topological polar surface area (TPSA) is 126 Å². The van der Waals surface area contributed by atoms with Gasteiger partial charge in [0.25, 0.3) is 0 Å². The highest BCUT2D eigenvalue weighted by Gasteiger charge is 2.28. The van der Waals surface area contributed by atoms with Gasteiger partial charge in [0.15, 0.2) is 0 Å². The van der Waals surface area contributed by atoms with Crippen molar-refractivity contribution in [3.05, 3.63) is 90.4 Å². The predicted molar refractivity (Wildman–Crippen MR) is 188 cm³/mol. The third-order valence-corrected chi connectivity index (χ3v) is 8.63. The van der Waals surface area contributed by atoms with E-state index in [4.69, 9.17) is 25.8 Å². The lowest BCUT2D eigenvalue weighted by atomic mass is 10.0. The Morgan fingerprint density at radius 3 is 2.56 bits per heavy atom. The van der Waals surface area contributed by atoms with Crippen molar-refractivity contribution in [2.45, 2.75) is 25.5 Å². The van der Waals surface area contributed by atoms with Crippen molar-refractivity contribution in [2.75, 3.05) is 67.4 Å². The van der Waals surface area contributed by atoms with Crippen LogP contribution in [0.25, 0.3) is 0 Å². The molecule has 3 N–H and O–H groups in total. The maximum atomic E-state index is 12.5. The number of ether oxygens (including phenoxy) is 3. The van der Waals surface area contributed by atoms with Crippen LogP contribution < -0.4 is 30.3 Å². The molecule has 4 aromatic rings. The van der Waals surface area contributed by atoms with Crippen LogP contribution in [0.1, 0.15) is 18.5 Å². The van der Waals surface area contributed by atoms with Crippen LogP contribution in [0.4, 0.5) is 34.5 Å². The van der Waals surface area contributed by atoms with E-state index in [1.54, 1.807) is 37.7 Å². The minimum absolute atomic E-state index is 0.301. The number of methoxy groups -OCH3 is 1. The van der Waals surface area contributed by atoms with Crippen LogP contribution in [0.5, 0.6) is 11.5 Å². The molecule has 2 aromatic heterocycles. The van der Waals surface area contributed by atoms with Crippen LogP contribution in [0.2, 0.25) is 5.02 Å². The van der Waals surface area contributed by atoms with Gasteiger partial charge in [0.2, 0.25) is 11.9 Å². The molecule has 2 aliphatic heterocycles. The van der Waals surface area contributed by atoms with Crippen LogP contribution in [-0.2, 0) is 16.1 Å². The molecule has 0 saturated carbocycles. The molecular formula is C35H39ClN8O4. The van der Waals surface area contributed by atoms with Gasteiger partial charge in [-0.25, -0.2) is 4.98 Å². The molecule has 13 heteroatoms. The standard InChI is InChI=1S/C35H39ClN8O4/c1-3-34(45)40-28-21-29(32(46-2)22-30(28)44-14-10-26(11-15-44)43-16-18-47-19-17-43)41-35-38-13-9-33(42-35)39-24-7-8-31(27(36)20-24)48-23-25-6-4-5-12-37-25/h3-9,12-13,20-22,26H,1,10-11,14-19,23H2,2H3,(H,40,45)(H2,38,39,41,42). The van der Waals surface area contributed by atoms with Gasteiger partial charge in [-0.2, -0.15) is 4.98 Å². The Morgan fingerprint density at radius 1 is 1.00 bits per heavy atom. The van der Waals surface area contributed by atoms with Crippen LogP contribution >= 0.6 is 11.6 Å². The monoisotopic (exact) mass is 670 g/mol. The highest BCUT2D eigenvalue weighted by atomic mass is 35.5. The van der Waals surface area contributed by atoms with Gasteiger partial charge >= 0.3 is 0 Å². The van der Waals surface area contributed by atoms with Gasteiger partial charge in [0, 0.05) is 56.4 Å². The molecule has 0 atom stereocenters. The number of aromatic nitrogens is 3. The molecule has 2 aliphatic rings. The number of benzene rings is 2. The number of nitrogens with one attached hydrogen (secondary N) is 3. The molecule has 250 valence electrons. The average molecular weight is 671 g/mol. The lowest BCUT2D eigenvalue weighted by Crippen LogP contribution is -2.49. The SMILES string of the molecule is C=CC(=O)Nc1cc(Nc2nccc(Nc3ccc(OCc4ccccn4)c(Cl)c3)n2)c(OC)cc1N1CCC(N2CCOCC2)CC1. The number of pyridine rings is 1. The highest BCUT2D eigenvalue weighted by Crippen LogP contribution is 2.39. The number of carbonyl (C=O) groups excluding carboxylic acids is 1. The first-order valence-electron chi connectivity index (χ1n) is 15.9. The van der Waals surface area contributed by atoms with E-state index >= 15 is 0 Å². The molecule has 12 nitrogen and oxygen atoms in total. The normalized spacial score (nSPS) is 15.4. The Bertz CT molecular complexity index is 1710. The summed E-state index contributed by atoms with van der Waals surface area (Å²) in [5.41, 5.74) is 3.65. The second-order valence-electron chi connectivity index (χ2n) is 11.4. The maximum Gasteiger partial charge on any atom is 0.247 e. The Morgan fingerprint density at radius 2 is 1.83 bits per heavy atom. The zero-order valence-electron chi connectivity index (χ0n) is 26.8. The van der Waals surface area contributed by atoms with Crippen LogP contribution in [0.3, 0.4) is 0 Å². The number of rotatable bonds is 12. The first-order chi connectivity index (χ1) is 23.5. The van der Waals surface area contributed by atoms with Crippen molar-refractivity contribution in [1.82, 2.24) is 19.9 Å². The molecule has 2 fully saturated rings. The van der Waals surface area contributed by atoms with Crippen LogP contribution in [0, 0.1) is 0 Å². The molecule has 0 spiro atoms. The molecule has 4 heterocycles. The van der Waals surface area contributed by atoms with Crippen LogP contribution in [-0.4, -0.2) is 78.3 Å². The fourth-order valence-corrected chi connectivity index (χ4v) is 6.12. The number of amides is 1. The van der Waals surface area contributed by atoms with Crippen molar-refractivity contribution in [1.29, 1.82) is 0 Å². The number of halogens is 1. The number of hydrogen-bond donors (Lipinski definition) is 3. The van der Waals surface area contributed by atoms with Gasteiger partial charge in [-0.3, -0.25) is 14.7 Å². The lowest BCUT2D eigenvalue weighted by molar-refractivity contribution is -0.111. The number of piperidine rings is 1. The molecule has 0 radical (unpaired) electrons. The van der Waals surface area contributed by atoms with Gasteiger partial charge < -0.3 is 35.1 Å². The third-order valence-electron chi connectivity index (χ3n) is 8.34. The quantitative estimate of drug-likeness (QED) is 0.153. The molecule has 2 aromatic carbocycles. The summed E-state index contributed by atoms with van der Waals surface area (Å²) in [5, 5.41) is 9.96. The van der Waals surface area contributed by atoms with E-state index in [2.05, 4.69) is 47.3 Å². The van der Waals surface area contributed by atoms with Gasteiger partial charge in [-0.1, -0.05) is 24.2 Å². The maximum absolute atomic E-state index is 12.5. The summed E-state index contributed by atoms with van der Waals surface area (Å²) in [6, 6.07) is 17.1. The molecule has 1 amide bonds. The second kappa shape index (κ2) is 15.8. The Balaban J connectivity index is 1.16. The second-order valence-corrected chi connectivity index (χ2v) is 11.8. The smallest absolute Gasteiger partial charge is 0.247 e. The minimum Gasteiger partial charge on any atom is -0.494 e. The van der Waals surface area contributed by atoms with E-state index in [-0.39, 0.29) is 5.91 Å². The Labute approximate surface area is 285 Å². The third kappa shape index (κ3) is 8.32. The predicted octanol–water partition coefficient (Wildman–Crippen LogP) is 6.03. The van der Waals surface area contributed by atoms with Crippen molar-refractivity contribution in [3.8, 4) is 11.5 Å². The fraction of sp³-hybridized carbons (Fsp3) is 0.314.